The highest BCUT2D eigenvalue weighted by Gasteiger charge is 2.26. The first-order valence-electron chi connectivity index (χ1n) is 8.40. The van der Waals surface area contributed by atoms with Crippen LogP contribution in [-0.2, 0) is 21.4 Å². The lowest BCUT2D eigenvalue weighted by atomic mass is 9.86. The molecule has 0 atom stereocenters. The Balaban J connectivity index is 1.85. The molecule has 1 aliphatic rings. The maximum absolute atomic E-state index is 12.3. The minimum atomic E-state index is -3.25. The van der Waals surface area contributed by atoms with E-state index in [0.29, 0.717) is 31.2 Å². The molecule has 1 amide bonds. The number of nitrogens with one attached hydrogen (secondary N) is 2. The standard InChI is InChI=1S/C17H24N2O5S/c1-2-25(23,24)18-11-12-3-5-13(6-4-12)16(20)19-15-9-7-14(8-10-15)17(21)22/h3-6,14-15,18H,2,7-11H2,1H3,(H,19,20)(H,21,22). The topological polar surface area (TPSA) is 113 Å². The molecular weight excluding hydrogens is 344 g/mol. The first kappa shape index (κ1) is 19.4. The van der Waals surface area contributed by atoms with E-state index in [4.69, 9.17) is 5.11 Å². The van der Waals surface area contributed by atoms with E-state index >= 15 is 0 Å². The molecule has 0 aliphatic heterocycles. The van der Waals surface area contributed by atoms with Gasteiger partial charge in [0.2, 0.25) is 10.0 Å². The number of carbonyl (C=O) groups is 2. The van der Waals surface area contributed by atoms with E-state index < -0.39 is 16.0 Å². The Labute approximate surface area is 147 Å². The number of rotatable bonds is 7. The Hall–Kier alpha value is -1.93. The Morgan fingerprint density at radius 1 is 1.12 bits per heavy atom. The van der Waals surface area contributed by atoms with Crippen LogP contribution in [0, 0.1) is 5.92 Å². The molecule has 1 aromatic rings. The van der Waals surface area contributed by atoms with Gasteiger partial charge in [-0.05, 0) is 50.3 Å². The van der Waals surface area contributed by atoms with Crippen LogP contribution < -0.4 is 10.0 Å². The van der Waals surface area contributed by atoms with Crippen LogP contribution in [0.5, 0.6) is 0 Å². The number of carboxylic acid groups (broad SMARTS) is 1. The zero-order valence-corrected chi connectivity index (χ0v) is 15.0. The average Bonchev–Trinajstić information content (AvgIpc) is 2.61. The molecule has 0 saturated heterocycles. The summed E-state index contributed by atoms with van der Waals surface area (Å²) < 4.78 is 25.3. The van der Waals surface area contributed by atoms with Crippen molar-refractivity contribution < 1.29 is 23.1 Å². The van der Waals surface area contributed by atoms with Crippen LogP contribution in [0.3, 0.4) is 0 Å². The van der Waals surface area contributed by atoms with Gasteiger partial charge in [-0.15, -0.1) is 0 Å². The van der Waals surface area contributed by atoms with Crippen LogP contribution in [0.1, 0.15) is 48.5 Å². The van der Waals surface area contributed by atoms with Crippen LogP contribution in [-0.4, -0.2) is 37.2 Å². The molecule has 1 aliphatic carbocycles. The summed E-state index contributed by atoms with van der Waals surface area (Å²) in [4.78, 5) is 23.2. The quantitative estimate of drug-likeness (QED) is 0.675. The molecule has 0 heterocycles. The van der Waals surface area contributed by atoms with E-state index in [1.807, 2.05) is 0 Å². The fraction of sp³-hybridized carbons (Fsp3) is 0.529. The summed E-state index contributed by atoms with van der Waals surface area (Å²) in [5.74, 6) is -1.24. The van der Waals surface area contributed by atoms with E-state index in [-0.39, 0.29) is 30.2 Å². The summed E-state index contributed by atoms with van der Waals surface area (Å²) in [6.07, 6.45) is 2.49. The fourth-order valence-corrected chi connectivity index (χ4v) is 3.41. The van der Waals surface area contributed by atoms with Crippen molar-refractivity contribution in [2.45, 2.75) is 45.2 Å². The number of carbonyl (C=O) groups excluding carboxylic acids is 1. The molecule has 1 saturated carbocycles. The third-order valence-electron chi connectivity index (χ3n) is 4.50. The van der Waals surface area contributed by atoms with Crippen LogP contribution in [0.25, 0.3) is 0 Å². The minimum Gasteiger partial charge on any atom is -0.481 e. The van der Waals surface area contributed by atoms with Gasteiger partial charge in [-0.1, -0.05) is 12.1 Å². The number of amides is 1. The lowest BCUT2D eigenvalue weighted by molar-refractivity contribution is -0.142. The lowest BCUT2D eigenvalue weighted by Crippen LogP contribution is -2.38. The van der Waals surface area contributed by atoms with Crippen molar-refractivity contribution in [1.29, 1.82) is 0 Å². The van der Waals surface area contributed by atoms with Gasteiger partial charge in [0, 0.05) is 18.2 Å². The second kappa shape index (κ2) is 8.44. The third-order valence-corrected chi connectivity index (χ3v) is 5.85. The van der Waals surface area contributed by atoms with Gasteiger partial charge < -0.3 is 10.4 Å². The van der Waals surface area contributed by atoms with Crippen LogP contribution >= 0.6 is 0 Å². The van der Waals surface area contributed by atoms with Gasteiger partial charge in [-0.3, -0.25) is 9.59 Å². The van der Waals surface area contributed by atoms with E-state index in [1.54, 1.807) is 31.2 Å². The Kier molecular flexibility index (Phi) is 6.55. The van der Waals surface area contributed by atoms with Crippen molar-refractivity contribution in [2.75, 3.05) is 5.75 Å². The van der Waals surface area contributed by atoms with Crippen LogP contribution in [0.15, 0.2) is 24.3 Å². The van der Waals surface area contributed by atoms with Crippen LogP contribution in [0.2, 0.25) is 0 Å². The smallest absolute Gasteiger partial charge is 0.306 e. The van der Waals surface area contributed by atoms with Crippen molar-refractivity contribution in [3.8, 4) is 0 Å². The molecule has 0 bridgehead atoms. The second-order valence-electron chi connectivity index (χ2n) is 6.28. The first-order valence-corrected chi connectivity index (χ1v) is 10.1. The molecule has 0 spiro atoms. The van der Waals surface area contributed by atoms with Crippen molar-refractivity contribution >= 4 is 21.9 Å². The summed E-state index contributed by atoms with van der Waals surface area (Å²) in [6, 6.07) is 6.75. The predicted octanol–water partition coefficient (Wildman–Crippen LogP) is 1.50. The van der Waals surface area contributed by atoms with Gasteiger partial charge in [-0.25, -0.2) is 13.1 Å². The molecule has 0 unspecified atom stereocenters. The molecule has 8 heteroatoms. The summed E-state index contributed by atoms with van der Waals surface area (Å²) in [7, 11) is -3.25. The summed E-state index contributed by atoms with van der Waals surface area (Å²) in [5.41, 5.74) is 1.28. The number of sulfonamides is 1. The van der Waals surface area contributed by atoms with E-state index in [1.165, 1.54) is 0 Å². The SMILES string of the molecule is CCS(=O)(=O)NCc1ccc(C(=O)NC2CCC(C(=O)O)CC2)cc1. The van der Waals surface area contributed by atoms with Crippen molar-refractivity contribution in [3.63, 3.8) is 0 Å². The average molecular weight is 368 g/mol. The zero-order chi connectivity index (χ0) is 18.4. The normalized spacial score (nSPS) is 20.8. The van der Waals surface area contributed by atoms with Gasteiger partial charge in [0.15, 0.2) is 0 Å². The van der Waals surface area contributed by atoms with Crippen molar-refractivity contribution in [3.05, 3.63) is 35.4 Å². The molecule has 2 rings (SSSR count). The molecule has 3 N–H and O–H groups in total. The van der Waals surface area contributed by atoms with Gasteiger partial charge in [0.1, 0.15) is 0 Å². The Morgan fingerprint density at radius 3 is 2.24 bits per heavy atom. The van der Waals surface area contributed by atoms with Gasteiger partial charge >= 0.3 is 5.97 Å². The summed E-state index contributed by atoms with van der Waals surface area (Å²) >= 11 is 0. The van der Waals surface area contributed by atoms with Crippen molar-refractivity contribution in [1.82, 2.24) is 10.0 Å². The lowest BCUT2D eigenvalue weighted by Gasteiger charge is -2.26. The fourth-order valence-electron chi connectivity index (χ4n) is 2.82. The maximum Gasteiger partial charge on any atom is 0.306 e. The summed E-state index contributed by atoms with van der Waals surface area (Å²) in [5, 5.41) is 11.9. The molecule has 0 radical (unpaired) electrons. The zero-order valence-electron chi connectivity index (χ0n) is 14.2. The van der Waals surface area contributed by atoms with Gasteiger partial charge in [-0.2, -0.15) is 0 Å². The highest BCUT2D eigenvalue weighted by Crippen LogP contribution is 2.24. The second-order valence-corrected chi connectivity index (χ2v) is 8.38. The van der Waals surface area contributed by atoms with E-state index in [0.717, 1.165) is 5.56 Å². The van der Waals surface area contributed by atoms with Gasteiger partial charge in [0.05, 0.1) is 11.7 Å². The number of aliphatic carboxylic acids is 1. The number of hydrogen-bond donors (Lipinski definition) is 3. The third kappa shape index (κ3) is 5.82. The molecule has 25 heavy (non-hydrogen) atoms. The molecule has 138 valence electrons. The largest absolute Gasteiger partial charge is 0.481 e. The van der Waals surface area contributed by atoms with Gasteiger partial charge in [0.25, 0.3) is 5.91 Å². The predicted molar refractivity (Wildman–Crippen MR) is 93.6 cm³/mol. The van der Waals surface area contributed by atoms with E-state index in [2.05, 4.69) is 10.0 Å². The number of benzene rings is 1. The highest BCUT2D eigenvalue weighted by atomic mass is 32.2. The molecular formula is C17H24N2O5S. The minimum absolute atomic E-state index is 0.000796. The first-order chi connectivity index (χ1) is 11.8. The Bertz CT molecular complexity index is 707. The van der Waals surface area contributed by atoms with Crippen molar-refractivity contribution in [2.24, 2.45) is 5.92 Å². The molecule has 1 fully saturated rings. The number of carboxylic acids is 1. The molecule has 1 aromatic carbocycles. The number of hydrogen-bond acceptors (Lipinski definition) is 4. The van der Waals surface area contributed by atoms with E-state index in [9.17, 15) is 18.0 Å². The summed E-state index contributed by atoms with van der Waals surface area (Å²) in [6.45, 7) is 1.76. The molecule has 7 nitrogen and oxygen atoms in total. The molecule has 0 aromatic heterocycles. The monoisotopic (exact) mass is 368 g/mol. The van der Waals surface area contributed by atoms with Crippen LogP contribution in [0.4, 0.5) is 0 Å². The maximum atomic E-state index is 12.3. The highest BCUT2D eigenvalue weighted by molar-refractivity contribution is 7.89. The Morgan fingerprint density at radius 2 is 1.72 bits per heavy atom.